The van der Waals surface area contributed by atoms with E-state index in [2.05, 4.69) is 23.1 Å². The third kappa shape index (κ3) is 4.51. The number of piperidine rings is 1. The first-order chi connectivity index (χ1) is 14.8. The molecule has 1 fully saturated rings. The molecule has 1 heterocycles. The van der Waals surface area contributed by atoms with Gasteiger partial charge in [-0.25, -0.2) is 4.39 Å². The molecule has 5 nitrogen and oxygen atoms in total. The zero-order valence-corrected chi connectivity index (χ0v) is 18.7. The number of nitriles is 1. The van der Waals surface area contributed by atoms with E-state index in [1.54, 1.807) is 4.90 Å². The predicted octanol–water partition coefficient (Wildman–Crippen LogP) is 4.92. The monoisotopic (exact) mass is 422 g/mol. The summed E-state index contributed by atoms with van der Waals surface area (Å²) >= 11 is 0. The second-order valence-electron chi connectivity index (χ2n) is 8.72. The van der Waals surface area contributed by atoms with Gasteiger partial charge in [-0.15, -0.1) is 0 Å². The summed E-state index contributed by atoms with van der Waals surface area (Å²) in [5.74, 6) is -1.16. The molecule has 1 aliphatic rings. The summed E-state index contributed by atoms with van der Waals surface area (Å²) in [6, 6.07) is 13.5. The van der Waals surface area contributed by atoms with Crippen molar-refractivity contribution in [3.63, 3.8) is 0 Å². The summed E-state index contributed by atoms with van der Waals surface area (Å²) in [5.41, 5.74) is 8.03. The lowest BCUT2D eigenvalue weighted by atomic mass is 9.84. The minimum atomic E-state index is -0.712. The van der Waals surface area contributed by atoms with Crippen molar-refractivity contribution in [2.75, 3.05) is 23.7 Å². The van der Waals surface area contributed by atoms with Crippen molar-refractivity contribution < 1.29 is 9.18 Å². The van der Waals surface area contributed by atoms with Gasteiger partial charge in [0.05, 0.1) is 22.9 Å². The lowest BCUT2D eigenvalue weighted by molar-refractivity contribution is 0.0639. The van der Waals surface area contributed by atoms with Crippen LogP contribution in [0.25, 0.3) is 0 Å². The molecule has 1 amide bonds. The Morgan fingerprint density at radius 1 is 1.16 bits per heavy atom. The molecular weight excluding hydrogens is 391 g/mol. The van der Waals surface area contributed by atoms with Crippen LogP contribution in [-0.4, -0.2) is 36.0 Å². The molecule has 1 saturated heterocycles. The number of benzene rings is 2. The zero-order chi connectivity index (χ0) is 22.7. The number of rotatable bonds is 5. The lowest BCUT2D eigenvalue weighted by Crippen LogP contribution is -2.42. The highest BCUT2D eigenvalue weighted by atomic mass is 19.1. The number of halogens is 1. The first-order valence-corrected chi connectivity index (χ1v) is 10.9. The van der Waals surface area contributed by atoms with E-state index < -0.39 is 11.7 Å². The van der Waals surface area contributed by atoms with Crippen LogP contribution in [0.1, 0.15) is 67.9 Å². The predicted molar refractivity (Wildman–Crippen MR) is 123 cm³/mol. The summed E-state index contributed by atoms with van der Waals surface area (Å²) in [7, 11) is 0. The van der Waals surface area contributed by atoms with E-state index in [1.165, 1.54) is 6.07 Å². The van der Waals surface area contributed by atoms with Crippen molar-refractivity contribution in [1.82, 2.24) is 4.90 Å². The number of nitrogens with two attached hydrogens (primary N) is 1. The largest absolute Gasteiger partial charge is 0.396 e. The molecule has 0 radical (unpaired) electrons. The average Bonchev–Trinajstić information content (AvgIpc) is 2.75. The van der Waals surface area contributed by atoms with Gasteiger partial charge in [0.15, 0.2) is 5.82 Å². The van der Waals surface area contributed by atoms with Crippen LogP contribution in [0.2, 0.25) is 0 Å². The maximum absolute atomic E-state index is 15.3. The van der Waals surface area contributed by atoms with Crippen LogP contribution in [0.3, 0.4) is 0 Å². The highest BCUT2D eigenvalue weighted by Gasteiger charge is 2.31. The summed E-state index contributed by atoms with van der Waals surface area (Å²) < 4.78 is 15.3. The van der Waals surface area contributed by atoms with Gasteiger partial charge < -0.3 is 15.5 Å². The summed E-state index contributed by atoms with van der Waals surface area (Å²) in [4.78, 5) is 17.0. The smallest absolute Gasteiger partial charge is 0.257 e. The Balaban J connectivity index is 1.90. The van der Waals surface area contributed by atoms with Crippen LogP contribution in [0.5, 0.6) is 0 Å². The van der Waals surface area contributed by atoms with E-state index in [4.69, 9.17) is 5.73 Å². The van der Waals surface area contributed by atoms with Gasteiger partial charge in [0, 0.05) is 30.9 Å². The summed E-state index contributed by atoms with van der Waals surface area (Å²) in [5, 5.41) is 9.79. The number of nitrogen functional groups attached to an aromatic ring is 1. The Labute approximate surface area is 184 Å². The van der Waals surface area contributed by atoms with Gasteiger partial charge in [0.25, 0.3) is 5.91 Å². The zero-order valence-electron chi connectivity index (χ0n) is 18.7. The Morgan fingerprint density at radius 3 is 2.26 bits per heavy atom. The molecule has 164 valence electrons. The first kappa shape index (κ1) is 22.6. The summed E-state index contributed by atoms with van der Waals surface area (Å²) in [6.45, 7) is 9.16. The molecule has 0 unspecified atom stereocenters. The molecule has 31 heavy (non-hydrogen) atoms. The second-order valence-corrected chi connectivity index (χ2v) is 8.72. The molecule has 0 saturated carbocycles. The molecule has 6 heteroatoms. The molecule has 1 aliphatic heterocycles. The van der Waals surface area contributed by atoms with Crippen LogP contribution in [0.4, 0.5) is 15.8 Å². The summed E-state index contributed by atoms with van der Waals surface area (Å²) in [6.07, 6.45) is 1.54. The van der Waals surface area contributed by atoms with Crippen LogP contribution in [0.15, 0.2) is 36.4 Å². The molecule has 2 aromatic carbocycles. The molecular formula is C25H31FN4O. The van der Waals surface area contributed by atoms with E-state index >= 15 is 4.39 Å². The number of carbonyl (C=O) groups excluding carboxylic acids is 1. The molecule has 2 N–H and O–H groups in total. The van der Waals surface area contributed by atoms with E-state index in [-0.39, 0.29) is 29.3 Å². The fourth-order valence-electron chi connectivity index (χ4n) is 4.65. The minimum Gasteiger partial charge on any atom is -0.396 e. The minimum absolute atomic E-state index is 0.0143. The fourth-order valence-corrected chi connectivity index (χ4v) is 4.65. The number of carbonyl (C=O) groups is 1. The molecule has 0 atom stereocenters. The third-order valence-electron chi connectivity index (χ3n) is 6.06. The Kier molecular flexibility index (Phi) is 6.84. The highest BCUT2D eigenvalue weighted by molar-refractivity contribution is 5.96. The van der Waals surface area contributed by atoms with Gasteiger partial charge in [-0.1, -0.05) is 18.2 Å². The molecule has 0 aliphatic carbocycles. The number of amides is 1. The highest BCUT2D eigenvalue weighted by Crippen LogP contribution is 2.38. The molecule has 0 aromatic heterocycles. The molecule has 2 aromatic rings. The van der Waals surface area contributed by atoms with Crippen LogP contribution in [0, 0.1) is 17.1 Å². The van der Waals surface area contributed by atoms with Gasteiger partial charge in [-0.05, 0) is 70.2 Å². The van der Waals surface area contributed by atoms with Crippen LogP contribution >= 0.6 is 0 Å². The van der Waals surface area contributed by atoms with Crippen molar-refractivity contribution >= 4 is 17.3 Å². The Hall–Kier alpha value is -3.07. The maximum Gasteiger partial charge on any atom is 0.257 e. The normalized spacial score (nSPS) is 14.7. The van der Waals surface area contributed by atoms with Gasteiger partial charge in [-0.2, -0.15) is 5.26 Å². The van der Waals surface area contributed by atoms with Crippen molar-refractivity contribution in [2.45, 2.75) is 58.5 Å². The van der Waals surface area contributed by atoms with E-state index in [1.807, 2.05) is 45.9 Å². The van der Waals surface area contributed by atoms with E-state index in [9.17, 15) is 10.1 Å². The lowest BCUT2D eigenvalue weighted by Gasteiger charge is -2.35. The maximum atomic E-state index is 15.3. The second kappa shape index (κ2) is 9.38. The van der Waals surface area contributed by atoms with Crippen molar-refractivity contribution in [3.8, 4) is 6.07 Å². The van der Waals surface area contributed by atoms with E-state index in [0.29, 0.717) is 11.1 Å². The standard InChI is InChI=1S/C25H31FN4O/c1-16(2)30(17(3)4)25(31)21-14-19(15-27)22(24(28)23(21)26)18-10-12-29(13-11-18)20-8-6-5-7-9-20/h5-9,14,16-18H,10-13,28H2,1-4H3. The Morgan fingerprint density at radius 2 is 1.74 bits per heavy atom. The number of anilines is 2. The fraction of sp³-hybridized carbons (Fsp3) is 0.440. The first-order valence-electron chi connectivity index (χ1n) is 10.9. The average molecular weight is 423 g/mol. The topological polar surface area (TPSA) is 73.4 Å². The SMILES string of the molecule is CC(C)N(C(=O)c1cc(C#N)c(C2CCN(c3ccccc3)CC2)c(N)c1F)C(C)C. The quantitative estimate of drug-likeness (QED) is 0.694. The molecule has 0 spiro atoms. The van der Waals surface area contributed by atoms with E-state index in [0.717, 1.165) is 31.6 Å². The van der Waals surface area contributed by atoms with Gasteiger partial charge >= 0.3 is 0 Å². The van der Waals surface area contributed by atoms with Crippen LogP contribution < -0.4 is 10.6 Å². The number of hydrogen-bond acceptors (Lipinski definition) is 4. The third-order valence-corrected chi connectivity index (χ3v) is 6.06. The molecule has 3 rings (SSSR count). The number of para-hydroxylation sites is 1. The van der Waals surface area contributed by atoms with Gasteiger partial charge in [-0.3, -0.25) is 4.79 Å². The number of nitrogens with zero attached hydrogens (tertiary/aromatic N) is 3. The van der Waals surface area contributed by atoms with Gasteiger partial charge in [0.1, 0.15) is 0 Å². The van der Waals surface area contributed by atoms with Gasteiger partial charge in [0.2, 0.25) is 0 Å². The van der Waals surface area contributed by atoms with Crippen molar-refractivity contribution in [2.24, 2.45) is 0 Å². The van der Waals surface area contributed by atoms with Crippen molar-refractivity contribution in [1.29, 1.82) is 5.26 Å². The number of hydrogen-bond donors (Lipinski definition) is 1. The molecule has 0 bridgehead atoms. The Bertz CT molecular complexity index is 965. The van der Waals surface area contributed by atoms with Crippen molar-refractivity contribution in [3.05, 3.63) is 58.9 Å². The van der Waals surface area contributed by atoms with Crippen LogP contribution in [-0.2, 0) is 0 Å².